The van der Waals surface area contributed by atoms with Gasteiger partial charge in [0.2, 0.25) is 11.4 Å². The summed E-state index contributed by atoms with van der Waals surface area (Å²) < 4.78 is 11.5. The zero-order valence-electron chi connectivity index (χ0n) is 20.9. The zero-order valence-corrected chi connectivity index (χ0v) is 20.9. The van der Waals surface area contributed by atoms with E-state index >= 15 is 0 Å². The molecule has 1 N–H and O–H groups in total. The molecule has 0 fully saturated rings. The lowest BCUT2D eigenvalue weighted by Gasteiger charge is -2.11. The second-order valence-electron chi connectivity index (χ2n) is 9.15. The van der Waals surface area contributed by atoms with Gasteiger partial charge >= 0.3 is 17.5 Å². The zero-order chi connectivity index (χ0) is 26.1. The molecule has 6 nitrogen and oxygen atoms in total. The monoisotopic (exact) mass is 500 g/mol. The van der Waals surface area contributed by atoms with E-state index in [1.165, 1.54) is 11.6 Å². The van der Waals surface area contributed by atoms with Crippen LogP contribution in [-0.4, -0.2) is 11.1 Å². The van der Waals surface area contributed by atoms with Crippen molar-refractivity contribution in [3.63, 3.8) is 0 Å². The Hall–Kier alpha value is -5.10. The number of aromatic nitrogens is 3. The molecule has 5 aromatic rings. The second kappa shape index (κ2) is 9.75. The van der Waals surface area contributed by atoms with E-state index in [0.717, 1.165) is 34.5 Å². The molecule has 184 valence electrons. The van der Waals surface area contributed by atoms with Crippen molar-refractivity contribution in [3.05, 3.63) is 132 Å². The number of benzene rings is 2. The maximum absolute atomic E-state index is 13.5. The normalized spacial score (nSPS) is 12.1. The van der Waals surface area contributed by atoms with Crippen LogP contribution in [0.5, 0.6) is 5.75 Å². The fourth-order valence-electron chi connectivity index (χ4n) is 4.95. The number of fused-ring (bicyclic) bond motifs is 6. The van der Waals surface area contributed by atoms with Crippen molar-refractivity contribution >= 4 is 18.1 Å². The first kappa shape index (κ1) is 23.3. The lowest BCUT2D eigenvalue weighted by molar-refractivity contribution is -0.674. The molecule has 6 rings (SSSR count). The minimum Gasteiger partial charge on any atom is -0.502 e. The van der Waals surface area contributed by atoms with Gasteiger partial charge in [0, 0.05) is 30.3 Å². The number of ether oxygens (including phenoxy) is 1. The van der Waals surface area contributed by atoms with E-state index in [4.69, 9.17) is 4.74 Å². The number of nitrogens with zero attached hydrogens (tertiary/aromatic N) is 3. The summed E-state index contributed by atoms with van der Waals surface area (Å²) in [6.07, 6.45) is 8.05. The van der Waals surface area contributed by atoms with Crippen LogP contribution in [0.2, 0.25) is 0 Å². The fraction of sp³-hybridized carbons (Fsp3) is 0.0625. The van der Waals surface area contributed by atoms with Crippen molar-refractivity contribution in [1.82, 2.24) is 0 Å². The van der Waals surface area contributed by atoms with Gasteiger partial charge in [0.15, 0.2) is 24.3 Å². The van der Waals surface area contributed by atoms with Gasteiger partial charge < -0.3 is 9.84 Å². The molecular weight excluding hydrogens is 474 g/mol. The molecule has 0 spiro atoms. The maximum Gasteiger partial charge on any atom is 0.448 e. The van der Waals surface area contributed by atoms with Crippen LogP contribution >= 0.6 is 0 Å². The summed E-state index contributed by atoms with van der Waals surface area (Å²) in [6, 6.07) is 31.7. The number of hydrogen-bond acceptors (Lipinski definition) is 3. The summed E-state index contributed by atoms with van der Waals surface area (Å²) in [4.78, 5) is 13.5. The van der Waals surface area contributed by atoms with Crippen LogP contribution in [0, 0.1) is 0 Å². The molecule has 0 atom stereocenters. The predicted octanol–water partition coefficient (Wildman–Crippen LogP) is 4.30. The van der Waals surface area contributed by atoms with E-state index in [2.05, 4.69) is 36.4 Å². The molecule has 1 aliphatic rings. The van der Waals surface area contributed by atoms with Gasteiger partial charge in [0.05, 0.1) is 11.1 Å². The molecule has 0 bridgehead atoms. The SMILES string of the molecule is C[n+]1cccc(O)c1C(=O)OC1=C[n+]2ccccc2-c2ccccc2Cc2ccccc2-c2cccc[n+]21. The summed E-state index contributed by atoms with van der Waals surface area (Å²) in [6.45, 7) is 0. The van der Waals surface area contributed by atoms with Crippen LogP contribution in [0.1, 0.15) is 21.6 Å². The van der Waals surface area contributed by atoms with E-state index < -0.39 is 5.97 Å². The van der Waals surface area contributed by atoms with Crippen LogP contribution in [0.15, 0.2) is 116 Å². The first-order valence-electron chi connectivity index (χ1n) is 12.4. The first-order valence-corrected chi connectivity index (χ1v) is 12.4. The molecule has 0 saturated carbocycles. The molecule has 38 heavy (non-hydrogen) atoms. The summed E-state index contributed by atoms with van der Waals surface area (Å²) >= 11 is 0. The van der Waals surface area contributed by atoms with Gasteiger partial charge in [0.25, 0.3) is 6.20 Å². The number of hydrogen-bond donors (Lipinski definition) is 1. The van der Waals surface area contributed by atoms with Crippen LogP contribution in [0.4, 0.5) is 0 Å². The van der Waals surface area contributed by atoms with Crippen molar-refractivity contribution in [1.29, 1.82) is 0 Å². The minimum atomic E-state index is -0.666. The Kier molecular flexibility index (Phi) is 5.98. The third-order valence-corrected chi connectivity index (χ3v) is 6.75. The second-order valence-corrected chi connectivity index (χ2v) is 9.15. The highest BCUT2D eigenvalue weighted by molar-refractivity contribution is 5.91. The number of rotatable bonds is 2. The van der Waals surface area contributed by atoms with E-state index in [1.807, 2.05) is 70.1 Å². The maximum atomic E-state index is 13.5. The van der Waals surface area contributed by atoms with Crippen LogP contribution in [0.25, 0.3) is 34.6 Å². The average molecular weight is 501 g/mol. The Balaban J connectivity index is 1.63. The number of pyridine rings is 3. The van der Waals surface area contributed by atoms with Gasteiger partial charge in [0.1, 0.15) is 7.05 Å². The van der Waals surface area contributed by atoms with Crippen molar-refractivity contribution in [2.75, 3.05) is 0 Å². The Labute approximate surface area is 220 Å². The third kappa shape index (κ3) is 4.22. The molecule has 3 aromatic heterocycles. The smallest absolute Gasteiger partial charge is 0.448 e. The van der Waals surface area contributed by atoms with Gasteiger partial charge in [-0.3, -0.25) is 0 Å². The van der Waals surface area contributed by atoms with Gasteiger partial charge in [-0.05, 0) is 47.9 Å². The topological polar surface area (TPSA) is 58.2 Å². The van der Waals surface area contributed by atoms with Crippen LogP contribution in [0.3, 0.4) is 0 Å². The minimum absolute atomic E-state index is 0.0600. The molecule has 0 amide bonds. The summed E-state index contributed by atoms with van der Waals surface area (Å²) in [5.74, 6) is -0.524. The Morgan fingerprint density at radius 1 is 0.737 bits per heavy atom. The highest BCUT2D eigenvalue weighted by atomic mass is 16.5. The molecule has 1 aliphatic heterocycles. The largest absolute Gasteiger partial charge is 0.502 e. The van der Waals surface area contributed by atoms with E-state index in [9.17, 15) is 9.90 Å². The fourth-order valence-corrected chi connectivity index (χ4v) is 4.95. The average Bonchev–Trinajstić information content (AvgIpc) is 2.95. The first-order chi connectivity index (χ1) is 18.6. The highest BCUT2D eigenvalue weighted by Crippen LogP contribution is 2.29. The van der Waals surface area contributed by atoms with Crippen molar-refractivity contribution in [2.24, 2.45) is 7.05 Å². The molecule has 0 radical (unpaired) electrons. The molecule has 0 unspecified atom stereocenters. The number of aryl methyl sites for hydroxylation is 1. The van der Waals surface area contributed by atoms with Crippen LogP contribution < -0.4 is 13.7 Å². The van der Waals surface area contributed by atoms with Crippen LogP contribution in [-0.2, 0) is 18.2 Å². The number of esters is 1. The molecule has 2 aromatic carbocycles. The standard InChI is InChI=1S/C32H25N3O3/c1-33-18-10-17-29(36)31(33)32(37)38-30-22-34-19-8-6-15-27(34)25-13-4-2-11-23(25)21-24-12-3-5-14-26(24)28-16-7-9-20-35(28)30/h2-20,22H,21H2,1H3/q+2/p+1. The van der Waals surface area contributed by atoms with E-state index in [1.54, 1.807) is 30.1 Å². The van der Waals surface area contributed by atoms with Crippen molar-refractivity contribution in [3.8, 4) is 28.3 Å². The highest BCUT2D eigenvalue weighted by Gasteiger charge is 2.33. The number of carbonyl (C=O) groups excluding carboxylic acids is 1. The summed E-state index contributed by atoms with van der Waals surface area (Å²) in [7, 11) is 1.69. The Morgan fingerprint density at radius 2 is 1.37 bits per heavy atom. The lowest BCUT2D eigenvalue weighted by Crippen LogP contribution is -2.42. The Morgan fingerprint density at radius 3 is 2.11 bits per heavy atom. The Bertz CT molecular complexity index is 1710. The molecule has 6 heteroatoms. The number of carbonyl (C=O) groups is 1. The van der Waals surface area contributed by atoms with Gasteiger partial charge in [-0.1, -0.05) is 36.4 Å². The van der Waals surface area contributed by atoms with E-state index in [0.29, 0.717) is 5.88 Å². The van der Waals surface area contributed by atoms with Gasteiger partial charge in [-0.25, -0.2) is 4.79 Å². The molecule has 0 saturated heterocycles. The third-order valence-electron chi connectivity index (χ3n) is 6.75. The number of aromatic hydroxyl groups is 1. The lowest BCUT2D eigenvalue weighted by atomic mass is 9.93. The summed E-state index contributed by atoms with van der Waals surface area (Å²) in [5, 5.41) is 10.5. The molecule has 4 heterocycles. The van der Waals surface area contributed by atoms with Crippen molar-refractivity contribution < 1.29 is 28.3 Å². The molecule has 0 aliphatic carbocycles. The van der Waals surface area contributed by atoms with Gasteiger partial charge in [-0.2, -0.15) is 9.13 Å². The predicted molar refractivity (Wildman–Crippen MR) is 142 cm³/mol. The van der Waals surface area contributed by atoms with Gasteiger partial charge in [-0.15, -0.1) is 4.57 Å². The molecular formula is C32H26N3O3+3. The summed E-state index contributed by atoms with van der Waals surface area (Å²) in [5.41, 5.74) is 6.37. The quantitative estimate of drug-likeness (QED) is 0.291. The van der Waals surface area contributed by atoms with Crippen molar-refractivity contribution in [2.45, 2.75) is 6.42 Å². The van der Waals surface area contributed by atoms with E-state index in [-0.39, 0.29) is 11.4 Å².